The van der Waals surface area contributed by atoms with E-state index in [0.717, 1.165) is 33.3 Å². The first-order chi connectivity index (χ1) is 21.3. The third-order valence-corrected chi connectivity index (χ3v) is 9.00. The molecule has 43 heavy (non-hydrogen) atoms. The van der Waals surface area contributed by atoms with Gasteiger partial charge in [-0.05, 0) is 34.2 Å². The minimum absolute atomic E-state index is 0.178. The van der Waals surface area contributed by atoms with Gasteiger partial charge in [-0.3, -0.25) is 0 Å². The molecule has 4 nitrogen and oxygen atoms in total. The van der Waals surface area contributed by atoms with Crippen molar-refractivity contribution in [1.82, 2.24) is 15.0 Å². The lowest BCUT2D eigenvalue weighted by Gasteiger charge is -2.12. The molecule has 0 bridgehead atoms. The van der Waals surface area contributed by atoms with Crippen molar-refractivity contribution in [3.63, 3.8) is 0 Å². The Morgan fingerprint density at radius 3 is 1.63 bits per heavy atom. The average molecular weight is 571 g/mol. The second kappa shape index (κ2) is 10.9. The number of hydrogen-bond acceptors (Lipinski definition) is 5. The van der Waals surface area contributed by atoms with Crippen LogP contribution >= 0.6 is 11.8 Å². The van der Waals surface area contributed by atoms with Crippen LogP contribution in [-0.4, -0.2) is 15.0 Å². The first-order valence-electron chi connectivity index (χ1n) is 14.3. The van der Waals surface area contributed by atoms with Gasteiger partial charge in [0, 0.05) is 27.0 Å². The molecule has 1 aromatic heterocycles. The van der Waals surface area contributed by atoms with Gasteiger partial charge in [-0.15, -0.1) is 0 Å². The number of aromatic nitrogens is 3. The van der Waals surface area contributed by atoms with Crippen LogP contribution < -0.4 is 5.32 Å². The summed E-state index contributed by atoms with van der Waals surface area (Å²) in [6, 6.07) is 50.4. The first-order valence-corrected chi connectivity index (χ1v) is 15.2. The van der Waals surface area contributed by atoms with Crippen molar-refractivity contribution in [3.05, 3.63) is 151 Å². The molecular formula is C38H26N4S. The molecule has 1 N–H and O–H groups in total. The van der Waals surface area contributed by atoms with Gasteiger partial charge in [-0.2, -0.15) is 0 Å². The lowest BCUT2D eigenvalue weighted by molar-refractivity contribution is 1.07. The number of anilines is 1. The summed E-state index contributed by atoms with van der Waals surface area (Å²) in [5, 5.41) is 6.30. The molecule has 0 saturated heterocycles. The van der Waals surface area contributed by atoms with E-state index < -0.39 is 0 Å². The maximum absolute atomic E-state index is 5.02. The molecule has 1 unspecified atom stereocenters. The molecule has 1 aliphatic heterocycles. The van der Waals surface area contributed by atoms with E-state index in [-0.39, 0.29) is 5.37 Å². The summed E-state index contributed by atoms with van der Waals surface area (Å²) < 4.78 is 0. The standard InChI is InChI=1S/C38H26N4S/c1-4-10-25(11-5-1)26-16-19-29(20-17-26)36-40-35(28-12-6-2-7-13-28)41-37(42-36)31-21-18-27-22-23-33-34(32(27)24-31)39-38(43-33)30-14-8-3-9-15-30/h1-24,38-39H. The van der Waals surface area contributed by atoms with Crippen molar-refractivity contribution in [2.24, 2.45) is 0 Å². The fourth-order valence-electron chi connectivity index (χ4n) is 5.55. The highest BCUT2D eigenvalue weighted by molar-refractivity contribution is 8.00. The highest BCUT2D eigenvalue weighted by Gasteiger charge is 2.25. The Morgan fingerprint density at radius 2 is 0.953 bits per heavy atom. The van der Waals surface area contributed by atoms with Crippen LogP contribution in [0.3, 0.4) is 0 Å². The van der Waals surface area contributed by atoms with Crippen LogP contribution in [0.2, 0.25) is 0 Å². The largest absolute Gasteiger partial charge is 0.368 e. The summed E-state index contributed by atoms with van der Waals surface area (Å²) >= 11 is 1.85. The van der Waals surface area contributed by atoms with Crippen LogP contribution in [0.4, 0.5) is 5.69 Å². The molecule has 0 spiro atoms. The molecule has 7 aromatic rings. The van der Waals surface area contributed by atoms with Crippen LogP contribution in [0.1, 0.15) is 10.9 Å². The van der Waals surface area contributed by atoms with E-state index >= 15 is 0 Å². The molecule has 0 saturated carbocycles. The molecule has 0 amide bonds. The first kappa shape index (κ1) is 25.5. The second-order valence-electron chi connectivity index (χ2n) is 10.5. The Morgan fingerprint density at radius 1 is 0.465 bits per heavy atom. The van der Waals surface area contributed by atoms with E-state index in [2.05, 4.69) is 115 Å². The van der Waals surface area contributed by atoms with E-state index in [9.17, 15) is 0 Å². The van der Waals surface area contributed by atoms with Gasteiger partial charge in [0.25, 0.3) is 0 Å². The Bertz CT molecular complexity index is 2060. The van der Waals surface area contributed by atoms with Gasteiger partial charge in [0.05, 0.1) is 5.69 Å². The zero-order valence-electron chi connectivity index (χ0n) is 23.2. The van der Waals surface area contributed by atoms with Crippen LogP contribution in [0.5, 0.6) is 0 Å². The summed E-state index contributed by atoms with van der Waals surface area (Å²) in [4.78, 5) is 16.2. The predicted molar refractivity (Wildman–Crippen MR) is 178 cm³/mol. The quantitative estimate of drug-likeness (QED) is 0.223. The highest BCUT2D eigenvalue weighted by Crippen LogP contribution is 2.49. The number of fused-ring (bicyclic) bond motifs is 3. The third-order valence-electron chi connectivity index (χ3n) is 7.78. The van der Waals surface area contributed by atoms with Gasteiger partial charge in [-0.25, -0.2) is 15.0 Å². The average Bonchev–Trinajstić information content (AvgIpc) is 3.54. The number of nitrogens with one attached hydrogen (secondary N) is 1. The monoisotopic (exact) mass is 570 g/mol. The molecule has 2 heterocycles. The van der Waals surface area contributed by atoms with Crippen molar-refractivity contribution in [2.45, 2.75) is 10.3 Å². The Balaban J connectivity index is 1.22. The van der Waals surface area contributed by atoms with E-state index in [1.54, 1.807) is 0 Å². The Hall–Kier alpha value is -5.26. The summed E-state index contributed by atoms with van der Waals surface area (Å²) in [6.07, 6.45) is 0. The minimum atomic E-state index is 0.178. The fourth-order valence-corrected chi connectivity index (χ4v) is 6.70. The Kier molecular flexibility index (Phi) is 6.43. The molecule has 0 aliphatic carbocycles. The summed E-state index contributed by atoms with van der Waals surface area (Å²) in [5.74, 6) is 1.96. The third kappa shape index (κ3) is 4.94. The van der Waals surface area contributed by atoms with Crippen LogP contribution in [0.15, 0.2) is 150 Å². The second-order valence-corrected chi connectivity index (χ2v) is 11.7. The summed E-state index contributed by atoms with van der Waals surface area (Å²) in [5.41, 5.74) is 7.63. The zero-order chi connectivity index (χ0) is 28.6. The molecule has 0 radical (unpaired) electrons. The normalized spacial score (nSPS) is 13.9. The predicted octanol–water partition coefficient (Wildman–Crippen LogP) is 9.91. The van der Waals surface area contributed by atoms with E-state index in [4.69, 9.17) is 15.0 Å². The van der Waals surface area contributed by atoms with Gasteiger partial charge in [0.15, 0.2) is 17.5 Å². The van der Waals surface area contributed by atoms with Gasteiger partial charge in [0.2, 0.25) is 0 Å². The van der Waals surface area contributed by atoms with E-state index in [1.807, 2.05) is 48.2 Å². The molecule has 0 fully saturated rings. The topological polar surface area (TPSA) is 50.7 Å². The van der Waals surface area contributed by atoms with Gasteiger partial charge < -0.3 is 5.32 Å². The molecule has 1 atom stereocenters. The molecular weight excluding hydrogens is 545 g/mol. The van der Waals surface area contributed by atoms with Crippen LogP contribution in [-0.2, 0) is 0 Å². The number of nitrogens with zero attached hydrogens (tertiary/aromatic N) is 3. The van der Waals surface area contributed by atoms with Crippen molar-refractivity contribution < 1.29 is 0 Å². The lowest BCUT2D eigenvalue weighted by Crippen LogP contribution is -2.01. The molecule has 8 rings (SSSR count). The number of thioether (sulfide) groups is 1. The zero-order valence-corrected chi connectivity index (χ0v) is 24.0. The van der Waals surface area contributed by atoms with E-state index in [0.29, 0.717) is 17.5 Å². The van der Waals surface area contributed by atoms with Crippen molar-refractivity contribution in [3.8, 4) is 45.3 Å². The van der Waals surface area contributed by atoms with Gasteiger partial charge in [-0.1, -0.05) is 145 Å². The van der Waals surface area contributed by atoms with Crippen LogP contribution in [0, 0.1) is 0 Å². The number of rotatable bonds is 5. The number of hydrogen-bond donors (Lipinski definition) is 1. The number of benzene rings is 6. The fraction of sp³-hybridized carbons (Fsp3) is 0.0263. The summed E-state index contributed by atoms with van der Waals surface area (Å²) in [7, 11) is 0. The van der Waals surface area contributed by atoms with Crippen molar-refractivity contribution in [1.29, 1.82) is 0 Å². The van der Waals surface area contributed by atoms with E-state index in [1.165, 1.54) is 21.4 Å². The van der Waals surface area contributed by atoms with Crippen molar-refractivity contribution in [2.75, 3.05) is 5.32 Å². The molecule has 6 aromatic carbocycles. The van der Waals surface area contributed by atoms with Gasteiger partial charge >= 0.3 is 0 Å². The SMILES string of the molecule is c1ccc(-c2ccc(-c3nc(-c4ccccc4)nc(-c4ccc5ccc6c(c5c4)NC(c4ccccc4)S6)n3)cc2)cc1. The van der Waals surface area contributed by atoms with Crippen LogP contribution in [0.25, 0.3) is 56.1 Å². The van der Waals surface area contributed by atoms with Gasteiger partial charge in [0.1, 0.15) is 5.37 Å². The molecule has 5 heteroatoms. The maximum Gasteiger partial charge on any atom is 0.164 e. The maximum atomic E-state index is 5.02. The Labute approximate surface area is 254 Å². The minimum Gasteiger partial charge on any atom is -0.368 e. The van der Waals surface area contributed by atoms with Crippen molar-refractivity contribution >= 4 is 28.2 Å². The lowest BCUT2D eigenvalue weighted by atomic mass is 10.0. The molecule has 1 aliphatic rings. The molecule has 204 valence electrons. The summed E-state index contributed by atoms with van der Waals surface area (Å²) in [6.45, 7) is 0. The highest BCUT2D eigenvalue weighted by atomic mass is 32.2. The smallest absolute Gasteiger partial charge is 0.164 e.